The Labute approximate surface area is 170 Å². The molecule has 2 aromatic carbocycles. The molecule has 6 nitrogen and oxygen atoms in total. The molecule has 0 spiro atoms. The average Bonchev–Trinajstić information content (AvgIpc) is 2.64. The number of benzene rings is 2. The number of para-hydroxylation sites is 1. The number of carboxylic acid groups (broad SMARTS) is 1. The standard InChI is InChI=1S/C20H18INO5/c21-15-11-13-7-8-18(15)27-10-4-3-9-26-17-6-2-1-5-14(17)19(23)22-16(12-13)20(24)25/h1-8,11,16H,9-10,12H2,(H,22,23)(H,24,25)/t16-/m0/s1. The van der Waals surface area contributed by atoms with Gasteiger partial charge in [0.2, 0.25) is 0 Å². The van der Waals surface area contributed by atoms with Crippen LogP contribution < -0.4 is 14.8 Å². The summed E-state index contributed by atoms with van der Waals surface area (Å²) in [7, 11) is 0. The van der Waals surface area contributed by atoms with Crippen LogP contribution in [0.5, 0.6) is 11.5 Å². The maximum atomic E-state index is 12.6. The van der Waals surface area contributed by atoms with Crippen LogP contribution >= 0.6 is 22.6 Å². The van der Waals surface area contributed by atoms with E-state index in [4.69, 9.17) is 9.47 Å². The molecule has 2 aromatic rings. The molecule has 7 heteroatoms. The predicted octanol–water partition coefficient (Wildman–Crippen LogP) is 3.04. The Kier molecular flexibility index (Phi) is 6.33. The molecule has 2 bridgehead atoms. The van der Waals surface area contributed by atoms with E-state index in [0.717, 1.165) is 14.9 Å². The van der Waals surface area contributed by atoms with Crippen LogP contribution in [0.25, 0.3) is 0 Å². The number of nitrogens with one attached hydrogen (secondary N) is 1. The van der Waals surface area contributed by atoms with E-state index in [1.165, 1.54) is 0 Å². The number of hydrogen-bond donors (Lipinski definition) is 2. The summed E-state index contributed by atoms with van der Waals surface area (Å²) in [6.45, 7) is 0.657. The summed E-state index contributed by atoms with van der Waals surface area (Å²) in [5.41, 5.74) is 1.09. The van der Waals surface area contributed by atoms with Crippen LogP contribution in [0.15, 0.2) is 54.6 Å². The topological polar surface area (TPSA) is 84.9 Å². The Hall–Kier alpha value is -2.55. The third-order valence-corrected chi connectivity index (χ3v) is 4.85. The van der Waals surface area contributed by atoms with E-state index >= 15 is 0 Å². The van der Waals surface area contributed by atoms with Crippen LogP contribution in [0.4, 0.5) is 0 Å². The first-order valence-corrected chi connectivity index (χ1v) is 9.44. The lowest BCUT2D eigenvalue weighted by molar-refractivity contribution is -0.139. The zero-order valence-corrected chi connectivity index (χ0v) is 16.5. The molecule has 0 radical (unpaired) electrons. The van der Waals surface area contributed by atoms with Crippen LogP contribution in [-0.2, 0) is 11.2 Å². The summed E-state index contributed by atoms with van der Waals surface area (Å²) in [5, 5.41) is 12.1. The van der Waals surface area contributed by atoms with Gasteiger partial charge in [0.05, 0.1) is 9.13 Å². The zero-order chi connectivity index (χ0) is 19.2. The second kappa shape index (κ2) is 8.90. The van der Waals surface area contributed by atoms with Crippen molar-refractivity contribution in [3.8, 4) is 11.5 Å². The molecule has 0 unspecified atom stereocenters. The lowest BCUT2D eigenvalue weighted by atomic mass is 10.0. The number of carbonyl (C=O) groups excluding carboxylic acids is 1. The molecule has 0 saturated carbocycles. The second-order valence-corrected chi connectivity index (χ2v) is 7.08. The highest BCUT2D eigenvalue weighted by Gasteiger charge is 2.23. The van der Waals surface area contributed by atoms with Crippen molar-refractivity contribution in [2.75, 3.05) is 13.2 Å². The van der Waals surface area contributed by atoms with Crippen molar-refractivity contribution >= 4 is 34.5 Å². The molecular formula is C20H18INO5. The molecule has 0 saturated heterocycles. The molecule has 2 aliphatic rings. The van der Waals surface area contributed by atoms with Crippen LogP contribution in [0, 0.1) is 3.57 Å². The normalized spacial score (nSPS) is 17.4. The van der Waals surface area contributed by atoms with Gasteiger partial charge in [-0.3, -0.25) is 4.79 Å². The van der Waals surface area contributed by atoms with Gasteiger partial charge in [0.15, 0.2) is 0 Å². The quantitative estimate of drug-likeness (QED) is 0.486. The van der Waals surface area contributed by atoms with E-state index in [-0.39, 0.29) is 13.0 Å². The molecule has 140 valence electrons. The van der Waals surface area contributed by atoms with Crippen molar-refractivity contribution in [2.24, 2.45) is 0 Å². The Morgan fingerprint density at radius 2 is 1.78 bits per heavy atom. The molecule has 2 aliphatic heterocycles. The minimum atomic E-state index is -1.10. The SMILES string of the molecule is O=C1N[C@H](C(=O)O)Cc2ccc(c(I)c2)OCC=CCOc2ccccc21. The van der Waals surface area contributed by atoms with Gasteiger partial charge in [-0.1, -0.05) is 18.2 Å². The molecule has 27 heavy (non-hydrogen) atoms. The summed E-state index contributed by atoms with van der Waals surface area (Å²) in [4.78, 5) is 24.3. The molecular weight excluding hydrogens is 461 g/mol. The molecule has 1 amide bonds. The summed E-state index contributed by atoms with van der Waals surface area (Å²) in [6, 6.07) is 11.2. The molecule has 2 N–H and O–H groups in total. The molecule has 0 aliphatic carbocycles. The van der Waals surface area contributed by atoms with E-state index in [0.29, 0.717) is 17.9 Å². The Morgan fingerprint density at radius 1 is 1.07 bits per heavy atom. The number of carboxylic acids is 1. The number of hydrogen-bond acceptors (Lipinski definition) is 4. The number of carbonyl (C=O) groups is 2. The Balaban J connectivity index is 1.94. The van der Waals surface area contributed by atoms with Crippen molar-refractivity contribution in [3.63, 3.8) is 0 Å². The monoisotopic (exact) mass is 479 g/mol. The average molecular weight is 479 g/mol. The number of fused-ring (bicyclic) bond motifs is 9. The van der Waals surface area contributed by atoms with Crippen molar-refractivity contribution in [1.82, 2.24) is 5.32 Å². The summed E-state index contributed by atoms with van der Waals surface area (Å²) < 4.78 is 12.2. The van der Waals surface area contributed by atoms with Crippen LogP contribution in [0.3, 0.4) is 0 Å². The second-order valence-electron chi connectivity index (χ2n) is 5.92. The van der Waals surface area contributed by atoms with E-state index < -0.39 is 17.9 Å². The fourth-order valence-electron chi connectivity index (χ4n) is 2.65. The molecule has 1 atom stereocenters. The smallest absolute Gasteiger partial charge is 0.326 e. The Bertz CT molecular complexity index is 880. The first kappa shape index (κ1) is 19.2. The fraction of sp³-hybridized carbons (Fsp3) is 0.200. The lowest BCUT2D eigenvalue weighted by Crippen LogP contribution is -2.42. The number of ether oxygens (including phenoxy) is 2. The first-order valence-electron chi connectivity index (χ1n) is 8.36. The van der Waals surface area contributed by atoms with Crippen molar-refractivity contribution in [2.45, 2.75) is 12.5 Å². The summed E-state index contributed by atoms with van der Waals surface area (Å²) in [6.07, 6.45) is 3.82. The minimum absolute atomic E-state index is 0.167. The van der Waals surface area contributed by atoms with E-state index in [1.54, 1.807) is 24.3 Å². The third-order valence-electron chi connectivity index (χ3n) is 4.01. The molecule has 0 fully saturated rings. The maximum Gasteiger partial charge on any atom is 0.326 e. The largest absolute Gasteiger partial charge is 0.489 e. The highest BCUT2D eigenvalue weighted by molar-refractivity contribution is 14.1. The van der Waals surface area contributed by atoms with Gasteiger partial charge < -0.3 is 19.9 Å². The minimum Gasteiger partial charge on any atom is -0.489 e. The zero-order valence-electron chi connectivity index (χ0n) is 14.4. The van der Waals surface area contributed by atoms with Crippen LogP contribution in [0.1, 0.15) is 15.9 Å². The van der Waals surface area contributed by atoms with Gasteiger partial charge in [0, 0.05) is 6.42 Å². The lowest BCUT2D eigenvalue weighted by Gasteiger charge is -2.17. The molecule has 0 aromatic heterocycles. The number of amides is 1. The van der Waals surface area contributed by atoms with Gasteiger partial charge in [-0.05, 0) is 64.6 Å². The van der Waals surface area contributed by atoms with E-state index in [2.05, 4.69) is 27.9 Å². The number of rotatable bonds is 1. The third kappa shape index (κ3) is 5.00. The first-order chi connectivity index (χ1) is 13.0. The summed E-state index contributed by atoms with van der Waals surface area (Å²) in [5.74, 6) is -0.460. The van der Waals surface area contributed by atoms with Gasteiger partial charge >= 0.3 is 5.97 Å². The van der Waals surface area contributed by atoms with E-state index in [9.17, 15) is 14.7 Å². The van der Waals surface area contributed by atoms with Crippen LogP contribution in [0.2, 0.25) is 0 Å². The molecule has 4 rings (SSSR count). The van der Waals surface area contributed by atoms with Crippen LogP contribution in [-0.4, -0.2) is 36.2 Å². The van der Waals surface area contributed by atoms with Gasteiger partial charge in [0.1, 0.15) is 30.8 Å². The predicted molar refractivity (Wildman–Crippen MR) is 108 cm³/mol. The summed E-state index contributed by atoms with van der Waals surface area (Å²) >= 11 is 2.15. The van der Waals surface area contributed by atoms with Gasteiger partial charge in [-0.25, -0.2) is 4.79 Å². The van der Waals surface area contributed by atoms with Gasteiger partial charge in [-0.2, -0.15) is 0 Å². The number of aliphatic carboxylic acids is 1. The van der Waals surface area contributed by atoms with Crippen molar-refractivity contribution in [3.05, 3.63) is 69.3 Å². The number of halogens is 1. The highest BCUT2D eigenvalue weighted by atomic mass is 127. The van der Waals surface area contributed by atoms with Crippen molar-refractivity contribution in [1.29, 1.82) is 0 Å². The fourth-order valence-corrected chi connectivity index (χ4v) is 3.39. The van der Waals surface area contributed by atoms with Gasteiger partial charge in [-0.15, -0.1) is 0 Å². The van der Waals surface area contributed by atoms with Crippen molar-refractivity contribution < 1.29 is 24.2 Å². The maximum absolute atomic E-state index is 12.6. The highest BCUT2D eigenvalue weighted by Crippen LogP contribution is 2.23. The Morgan fingerprint density at radius 3 is 2.48 bits per heavy atom. The molecule has 2 heterocycles. The van der Waals surface area contributed by atoms with Gasteiger partial charge in [0.25, 0.3) is 5.91 Å². The van der Waals surface area contributed by atoms with E-state index in [1.807, 2.05) is 30.4 Å².